The molecule has 4 rings (SSSR count). The Labute approximate surface area is 122 Å². The highest BCUT2D eigenvalue weighted by Crippen LogP contribution is 2.40. The zero-order valence-corrected chi connectivity index (χ0v) is 11.6. The number of benzene rings is 2. The van der Waals surface area contributed by atoms with E-state index in [2.05, 4.69) is 6.07 Å². The summed E-state index contributed by atoms with van der Waals surface area (Å²) < 4.78 is 0. The van der Waals surface area contributed by atoms with Crippen LogP contribution < -0.4 is 0 Å². The van der Waals surface area contributed by atoms with Gasteiger partial charge in [0.15, 0.2) is 0 Å². The number of hydrogen-bond acceptors (Lipinski definition) is 3. The maximum absolute atomic E-state index is 12.4. The molecule has 0 bridgehead atoms. The number of rotatable bonds is 2. The molecule has 2 aromatic rings. The lowest BCUT2D eigenvalue weighted by Crippen LogP contribution is -2.35. The van der Waals surface area contributed by atoms with E-state index in [1.54, 1.807) is 24.3 Å². The van der Waals surface area contributed by atoms with Gasteiger partial charge in [0, 0.05) is 6.54 Å². The van der Waals surface area contributed by atoms with Crippen LogP contribution in [0.5, 0.6) is 0 Å². The van der Waals surface area contributed by atoms with E-state index in [0.717, 1.165) is 5.56 Å². The smallest absolute Gasteiger partial charge is 0.267 e. The van der Waals surface area contributed by atoms with Crippen molar-refractivity contribution in [1.29, 1.82) is 0 Å². The van der Waals surface area contributed by atoms with Gasteiger partial charge in [-0.25, -0.2) is 5.01 Å². The molecule has 21 heavy (non-hydrogen) atoms. The summed E-state index contributed by atoms with van der Waals surface area (Å²) in [7, 11) is 0. The van der Waals surface area contributed by atoms with E-state index in [9.17, 15) is 9.59 Å². The van der Waals surface area contributed by atoms with Gasteiger partial charge in [0.1, 0.15) is 0 Å². The molecular formula is C17H14N2O2. The lowest BCUT2D eigenvalue weighted by molar-refractivity contribution is 0.0370. The van der Waals surface area contributed by atoms with E-state index in [1.165, 1.54) is 10.6 Å². The molecule has 4 nitrogen and oxygen atoms in total. The Morgan fingerprint density at radius 2 is 1.62 bits per heavy atom. The van der Waals surface area contributed by atoms with Gasteiger partial charge in [0.05, 0.1) is 17.2 Å². The van der Waals surface area contributed by atoms with E-state index < -0.39 is 0 Å². The van der Waals surface area contributed by atoms with Crippen LogP contribution in [0, 0.1) is 6.92 Å². The predicted molar refractivity (Wildman–Crippen MR) is 77.6 cm³/mol. The van der Waals surface area contributed by atoms with Crippen LogP contribution in [0.4, 0.5) is 0 Å². The molecule has 2 aromatic carbocycles. The van der Waals surface area contributed by atoms with Crippen LogP contribution in [0.15, 0.2) is 48.5 Å². The number of hydrogen-bond donors (Lipinski definition) is 0. The standard InChI is InChI=1S/C17H14N2O2/c1-11-5-4-6-12(9-11)15-10-18(15)19-16(20)13-7-2-3-8-14(13)17(19)21/h2-9,15H,10H2,1H3. The lowest BCUT2D eigenvalue weighted by Gasteiger charge is -2.15. The Hall–Kier alpha value is -2.46. The molecule has 2 aliphatic heterocycles. The molecule has 0 saturated carbocycles. The Balaban J connectivity index is 1.63. The normalized spacial score (nSPS) is 23.4. The van der Waals surface area contributed by atoms with Crippen molar-refractivity contribution in [3.05, 3.63) is 70.8 Å². The highest BCUT2D eigenvalue weighted by Gasteiger charge is 2.49. The topological polar surface area (TPSA) is 40.4 Å². The Bertz CT molecular complexity index is 734. The minimum Gasteiger partial charge on any atom is -0.267 e. The van der Waals surface area contributed by atoms with Crippen molar-refractivity contribution < 1.29 is 9.59 Å². The van der Waals surface area contributed by atoms with Gasteiger partial charge in [0.2, 0.25) is 0 Å². The molecule has 2 amide bonds. The second kappa shape index (κ2) is 4.27. The largest absolute Gasteiger partial charge is 0.276 e. The molecule has 1 fully saturated rings. The third-order valence-electron chi connectivity index (χ3n) is 4.04. The summed E-state index contributed by atoms with van der Waals surface area (Å²) in [6, 6.07) is 15.3. The van der Waals surface area contributed by atoms with Crippen LogP contribution in [-0.2, 0) is 0 Å². The van der Waals surface area contributed by atoms with Gasteiger partial charge in [0.25, 0.3) is 11.8 Å². The average Bonchev–Trinajstić information content (AvgIpc) is 3.23. The number of carbonyl (C=O) groups is 2. The molecule has 0 aliphatic carbocycles. The van der Waals surface area contributed by atoms with E-state index in [0.29, 0.717) is 17.7 Å². The summed E-state index contributed by atoms with van der Waals surface area (Å²) in [5, 5.41) is 3.12. The highest BCUT2D eigenvalue weighted by atomic mass is 16.2. The first-order valence-corrected chi connectivity index (χ1v) is 6.98. The summed E-state index contributed by atoms with van der Waals surface area (Å²) >= 11 is 0. The van der Waals surface area contributed by atoms with Crippen LogP contribution in [0.2, 0.25) is 0 Å². The first-order chi connectivity index (χ1) is 10.2. The van der Waals surface area contributed by atoms with Gasteiger partial charge in [-0.05, 0) is 24.6 Å². The van der Waals surface area contributed by atoms with E-state index in [-0.39, 0.29) is 17.9 Å². The van der Waals surface area contributed by atoms with Crippen molar-refractivity contribution in [2.75, 3.05) is 6.54 Å². The zero-order valence-electron chi connectivity index (χ0n) is 11.6. The third kappa shape index (κ3) is 1.80. The predicted octanol–water partition coefficient (Wildman–Crippen LogP) is 2.56. The van der Waals surface area contributed by atoms with Crippen LogP contribution in [-0.4, -0.2) is 28.4 Å². The second-order valence-corrected chi connectivity index (χ2v) is 5.52. The molecule has 104 valence electrons. The van der Waals surface area contributed by atoms with Gasteiger partial charge >= 0.3 is 0 Å². The monoisotopic (exact) mass is 278 g/mol. The molecule has 0 aromatic heterocycles. The van der Waals surface area contributed by atoms with E-state index in [1.807, 2.05) is 30.1 Å². The number of nitrogens with zero attached hydrogens (tertiary/aromatic N) is 2. The van der Waals surface area contributed by atoms with Gasteiger partial charge in [-0.1, -0.05) is 42.0 Å². The number of carbonyl (C=O) groups excluding carboxylic acids is 2. The van der Waals surface area contributed by atoms with Gasteiger partial charge in [-0.3, -0.25) is 9.59 Å². The number of aryl methyl sites for hydroxylation is 1. The molecule has 2 heterocycles. The summed E-state index contributed by atoms with van der Waals surface area (Å²) in [5.41, 5.74) is 3.32. The Morgan fingerprint density at radius 3 is 2.24 bits per heavy atom. The van der Waals surface area contributed by atoms with Gasteiger partial charge < -0.3 is 0 Å². The molecule has 0 N–H and O–H groups in total. The maximum atomic E-state index is 12.4. The summed E-state index contributed by atoms with van der Waals surface area (Å²) in [6.45, 7) is 2.74. The van der Waals surface area contributed by atoms with Crippen LogP contribution in [0.25, 0.3) is 0 Å². The fraction of sp³-hybridized carbons (Fsp3) is 0.176. The Morgan fingerprint density at radius 1 is 0.952 bits per heavy atom. The SMILES string of the molecule is Cc1cccc(C2CN2N2C(=O)c3ccccc3C2=O)c1. The molecule has 2 unspecified atom stereocenters. The number of hydrazine groups is 1. The summed E-state index contributed by atoms with van der Waals surface area (Å²) in [4.78, 5) is 24.8. The molecule has 1 saturated heterocycles. The van der Waals surface area contributed by atoms with Crippen molar-refractivity contribution in [3.8, 4) is 0 Å². The Kier molecular flexibility index (Phi) is 2.50. The number of fused-ring (bicyclic) bond motifs is 1. The summed E-state index contributed by atoms with van der Waals surface area (Å²) in [5.74, 6) is -0.434. The maximum Gasteiger partial charge on any atom is 0.276 e. The number of imide groups is 1. The van der Waals surface area contributed by atoms with Gasteiger partial charge in [-0.2, -0.15) is 5.01 Å². The van der Waals surface area contributed by atoms with Crippen molar-refractivity contribution >= 4 is 11.8 Å². The van der Waals surface area contributed by atoms with E-state index in [4.69, 9.17) is 0 Å². The quantitative estimate of drug-likeness (QED) is 0.626. The van der Waals surface area contributed by atoms with Crippen molar-refractivity contribution in [3.63, 3.8) is 0 Å². The zero-order chi connectivity index (χ0) is 14.6. The molecule has 2 atom stereocenters. The van der Waals surface area contributed by atoms with Gasteiger partial charge in [-0.15, -0.1) is 0 Å². The molecule has 4 heteroatoms. The first-order valence-electron chi connectivity index (χ1n) is 6.98. The molecule has 0 spiro atoms. The minimum absolute atomic E-state index is 0.118. The second-order valence-electron chi connectivity index (χ2n) is 5.52. The minimum atomic E-state index is -0.217. The lowest BCUT2D eigenvalue weighted by atomic mass is 10.1. The van der Waals surface area contributed by atoms with Crippen LogP contribution >= 0.6 is 0 Å². The fourth-order valence-electron chi connectivity index (χ4n) is 2.92. The molecular weight excluding hydrogens is 264 g/mol. The fourth-order valence-corrected chi connectivity index (χ4v) is 2.92. The average molecular weight is 278 g/mol. The van der Waals surface area contributed by atoms with E-state index >= 15 is 0 Å². The van der Waals surface area contributed by atoms with Crippen LogP contribution in [0.1, 0.15) is 37.9 Å². The highest BCUT2D eigenvalue weighted by molar-refractivity contribution is 6.21. The number of amides is 2. The molecule has 0 radical (unpaired) electrons. The first kappa shape index (κ1) is 12.3. The van der Waals surface area contributed by atoms with Crippen LogP contribution in [0.3, 0.4) is 0 Å². The third-order valence-corrected chi connectivity index (χ3v) is 4.04. The molecule has 2 aliphatic rings. The van der Waals surface area contributed by atoms with Crippen molar-refractivity contribution in [2.24, 2.45) is 0 Å². The summed E-state index contributed by atoms with van der Waals surface area (Å²) in [6.07, 6.45) is 0. The van der Waals surface area contributed by atoms with Crippen molar-refractivity contribution in [1.82, 2.24) is 10.0 Å². The van der Waals surface area contributed by atoms with Crippen molar-refractivity contribution in [2.45, 2.75) is 13.0 Å².